The van der Waals surface area contributed by atoms with Crippen LogP contribution in [-0.4, -0.2) is 18.9 Å². The first-order valence-electron chi connectivity index (χ1n) is 4.03. The molecule has 2 heteroatoms. The Balaban J connectivity index is 2.25. The fraction of sp³-hybridized carbons (Fsp3) is 0.667. The van der Waals surface area contributed by atoms with Crippen LogP contribution in [0.15, 0.2) is 0 Å². The first-order chi connectivity index (χ1) is 5.33. The fourth-order valence-electron chi connectivity index (χ4n) is 1.41. The molecule has 1 saturated heterocycles. The SMILES string of the molecule is C#CC(=O)CC1CCNCC1. The van der Waals surface area contributed by atoms with Gasteiger partial charge in [0.25, 0.3) is 0 Å². The lowest BCUT2D eigenvalue weighted by Gasteiger charge is -2.20. The predicted octanol–water partition coefficient (Wildman–Crippen LogP) is 0.578. The molecule has 0 aromatic rings. The Kier molecular flexibility index (Phi) is 3.13. The molecular formula is C9H13NO. The number of terminal acetylenes is 1. The summed E-state index contributed by atoms with van der Waals surface area (Å²) in [5, 5.41) is 3.24. The summed E-state index contributed by atoms with van der Waals surface area (Å²) in [5.74, 6) is 2.64. The fourth-order valence-corrected chi connectivity index (χ4v) is 1.41. The summed E-state index contributed by atoms with van der Waals surface area (Å²) in [5.41, 5.74) is 0. The molecule has 1 aliphatic rings. The molecule has 1 N–H and O–H groups in total. The van der Waals surface area contributed by atoms with Crippen molar-refractivity contribution >= 4 is 5.78 Å². The Hall–Kier alpha value is -0.810. The van der Waals surface area contributed by atoms with Gasteiger partial charge < -0.3 is 5.32 Å². The lowest BCUT2D eigenvalue weighted by atomic mass is 9.93. The number of hydrogen-bond acceptors (Lipinski definition) is 2. The zero-order chi connectivity index (χ0) is 8.10. The van der Waals surface area contributed by atoms with E-state index in [9.17, 15) is 4.79 Å². The van der Waals surface area contributed by atoms with E-state index in [0.29, 0.717) is 12.3 Å². The van der Waals surface area contributed by atoms with Crippen molar-refractivity contribution < 1.29 is 4.79 Å². The Morgan fingerprint density at radius 1 is 1.55 bits per heavy atom. The number of piperidine rings is 1. The zero-order valence-electron chi connectivity index (χ0n) is 6.60. The minimum atomic E-state index is -0.0445. The Morgan fingerprint density at radius 2 is 2.18 bits per heavy atom. The molecule has 1 heterocycles. The molecule has 0 bridgehead atoms. The molecule has 11 heavy (non-hydrogen) atoms. The summed E-state index contributed by atoms with van der Waals surface area (Å²) in [7, 11) is 0. The average molecular weight is 151 g/mol. The molecular weight excluding hydrogens is 138 g/mol. The van der Waals surface area contributed by atoms with Crippen molar-refractivity contribution in [2.75, 3.05) is 13.1 Å². The standard InChI is InChI=1S/C9H13NO/c1-2-9(11)7-8-3-5-10-6-4-8/h1,8,10H,3-7H2. The summed E-state index contributed by atoms with van der Waals surface area (Å²) in [6.45, 7) is 2.06. The molecule has 0 radical (unpaired) electrons. The normalized spacial score (nSPS) is 19.2. The van der Waals surface area contributed by atoms with Crippen molar-refractivity contribution in [1.82, 2.24) is 5.32 Å². The number of nitrogens with one attached hydrogen (secondary N) is 1. The maximum absolute atomic E-state index is 10.8. The van der Waals surface area contributed by atoms with Crippen LogP contribution in [0.4, 0.5) is 0 Å². The topological polar surface area (TPSA) is 29.1 Å². The van der Waals surface area contributed by atoms with Gasteiger partial charge in [-0.1, -0.05) is 0 Å². The molecule has 0 aromatic carbocycles. The van der Waals surface area contributed by atoms with E-state index < -0.39 is 0 Å². The van der Waals surface area contributed by atoms with E-state index in [0.717, 1.165) is 25.9 Å². The summed E-state index contributed by atoms with van der Waals surface area (Å²) in [4.78, 5) is 10.8. The minimum absolute atomic E-state index is 0.0445. The maximum Gasteiger partial charge on any atom is 0.205 e. The van der Waals surface area contributed by atoms with Crippen LogP contribution in [0, 0.1) is 18.3 Å². The van der Waals surface area contributed by atoms with E-state index in [2.05, 4.69) is 11.2 Å². The molecule has 0 amide bonds. The highest BCUT2D eigenvalue weighted by atomic mass is 16.1. The van der Waals surface area contributed by atoms with E-state index in [1.165, 1.54) is 0 Å². The molecule has 0 unspecified atom stereocenters. The third-order valence-electron chi connectivity index (χ3n) is 2.09. The van der Waals surface area contributed by atoms with Gasteiger partial charge in [-0.25, -0.2) is 0 Å². The zero-order valence-corrected chi connectivity index (χ0v) is 6.60. The van der Waals surface area contributed by atoms with Gasteiger partial charge >= 0.3 is 0 Å². The van der Waals surface area contributed by atoms with Crippen LogP contribution in [-0.2, 0) is 4.79 Å². The average Bonchev–Trinajstić information content (AvgIpc) is 2.06. The van der Waals surface area contributed by atoms with Crippen LogP contribution in [0.25, 0.3) is 0 Å². The number of carbonyl (C=O) groups excluding carboxylic acids is 1. The van der Waals surface area contributed by atoms with Crippen LogP contribution < -0.4 is 5.32 Å². The largest absolute Gasteiger partial charge is 0.317 e. The van der Waals surface area contributed by atoms with Crippen molar-refractivity contribution in [3.63, 3.8) is 0 Å². The van der Waals surface area contributed by atoms with E-state index in [1.54, 1.807) is 0 Å². The lowest BCUT2D eigenvalue weighted by molar-refractivity contribution is -0.114. The molecule has 0 saturated carbocycles. The third kappa shape index (κ3) is 2.73. The van der Waals surface area contributed by atoms with Gasteiger partial charge in [0, 0.05) is 6.42 Å². The highest BCUT2D eigenvalue weighted by molar-refractivity contribution is 5.94. The Labute approximate surface area is 67.4 Å². The van der Waals surface area contributed by atoms with Gasteiger partial charge in [0.15, 0.2) is 0 Å². The number of Topliss-reactive ketones (excluding diaryl/α,β-unsaturated/α-hetero) is 1. The third-order valence-corrected chi connectivity index (χ3v) is 2.09. The van der Waals surface area contributed by atoms with Crippen molar-refractivity contribution in [3.8, 4) is 12.3 Å². The molecule has 0 spiro atoms. The van der Waals surface area contributed by atoms with Crippen molar-refractivity contribution in [2.24, 2.45) is 5.92 Å². The second-order valence-corrected chi connectivity index (χ2v) is 2.97. The molecule has 0 atom stereocenters. The maximum atomic E-state index is 10.8. The lowest BCUT2D eigenvalue weighted by Crippen LogP contribution is -2.28. The molecule has 2 nitrogen and oxygen atoms in total. The van der Waals surface area contributed by atoms with Crippen LogP contribution in [0.2, 0.25) is 0 Å². The van der Waals surface area contributed by atoms with Crippen LogP contribution in [0.5, 0.6) is 0 Å². The van der Waals surface area contributed by atoms with E-state index in [4.69, 9.17) is 6.42 Å². The summed E-state index contributed by atoms with van der Waals surface area (Å²) in [6, 6.07) is 0. The Morgan fingerprint density at radius 3 is 2.73 bits per heavy atom. The van der Waals surface area contributed by atoms with Crippen molar-refractivity contribution in [3.05, 3.63) is 0 Å². The van der Waals surface area contributed by atoms with Crippen LogP contribution >= 0.6 is 0 Å². The summed E-state index contributed by atoms with van der Waals surface area (Å²) >= 11 is 0. The van der Waals surface area contributed by atoms with Gasteiger partial charge in [-0.05, 0) is 37.8 Å². The molecule has 1 rings (SSSR count). The smallest absolute Gasteiger partial charge is 0.205 e. The molecule has 0 aliphatic carbocycles. The van der Waals surface area contributed by atoms with Gasteiger partial charge in [-0.3, -0.25) is 4.79 Å². The van der Waals surface area contributed by atoms with Crippen LogP contribution in [0.3, 0.4) is 0 Å². The monoisotopic (exact) mass is 151 g/mol. The summed E-state index contributed by atoms with van der Waals surface area (Å²) in [6.07, 6.45) is 7.74. The highest BCUT2D eigenvalue weighted by Gasteiger charge is 2.14. The number of carbonyl (C=O) groups is 1. The molecule has 60 valence electrons. The number of rotatable bonds is 2. The van der Waals surface area contributed by atoms with Gasteiger partial charge in [0.05, 0.1) is 0 Å². The molecule has 0 aromatic heterocycles. The first-order valence-corrected chi connectivity index (χ1v) is 4.03. The van der Waals surface area contributed by atoms with Gasteiger partial charge in [-0.2, -0.15) is 0 Å². The molecule has 1 aliphatic heterocycles. The second-order valence-electron chi connectivity index (χ2n) is 2.97. The van der Waals surface area contributed by atoms with E-state index >= 15 is 0 Å². The summed E-state index contributed by atoms with van der Waals surface area (Å²) < 4.78 is 0. The number of ketones is 1. The molecule has 1 fully saturated rings. The second kappa shape index (κ2) is 4.15. The predicted molar refractivity (Wildman–Crippen MR) is 44.1 cm³/mol. The Bertz CT molecular complexity index is 174. The minimum Gasteiger partial charge on any atom is -0.317 e. The van der Waals surface area contributed by atoms with Gasteiger partial charge in [-0.15, -0.1) is 6.42 Å². The van der Waals surface area contributed by atoms with Crippen molar-refractivity contribution in [1.29, 1.82) is 0 Å². The van der Waals surface area contributed by atoms with Gasteiger partial charge in [0.1, 0.15) is 0 Å². The van der Waals surface area contributed by atoms with E-state index in [1.807, 2.05) is 0 Å². The first kappa shape index (κ1) is 8.29. The highest BCUT2D eigenvalue weighted by Crippen LogP contribution is 2.15. The quantitative estimate of drug-likeness (QED) is 0.462. The van der Waals surface area contributed by atoms with E-state index in [-0.39, 0.29) is 5.78 Å². The van der Waals surface area contributed by atoms with Crippen LogP contribution in [0.1, 0.15) is 19.3 Å². The van der Waals surface area contributed by atoms with Gasteiger partial charge in [0.2, 0.25) is 5.78 Å². The van der Waals surface area contributed by atoms with Crippen molar-refractivity contribution in [2.45, 2.75) is 19.3 Å². The number of hydrogen-bond donors (Lipinski definition) is 1.